The molecule has 122 valence electrons. The van der Waals surface area contributed by atoms with E-state index in [0.717, 1.165) is 43.9 Å². The van der Waals surface area contributed by atoms with E-state index in [4.69, 9.17) is 0 Å². The number of nitrogens with zero attached hydrogens (tertiary/aromatic N) is 4. The SMILES string of the molecule is O=C(c1ccccc1)N1CCN(Cc2cnc3ccccn23)CC1. The molecule has 0 aliphatic carbocycles. The molecule has 5 heteroatoms. The molecule has 1 aliphatic rings. The molecular formula is C19H20N4O. The molecule has 4 rings (SSSR count). The fraction of sp³-hybridized carbons (Fsp3) is 0.263. The first-order valence-corrected chi connectivity index (χ1v) is 8.29. The number of amides is 1. The quantitative estimate of drug-likeness (QED) is 0.743. The number of carbonyl (C=O) groups excluding carboxylic acids is 1. The van der Waals surface area contributed by atoms with Crippen molar-refractivity contribution < 1.29 is 4.79 Å². The first kappa shape index (κ1) is 14.9. The normalized spacial score (nSPS) is 15.8. The lowest BCUT2D eigenvalue weighted by Crippen LogP contribution is -2.48. The number of benzene rings is 1. The summed E-state index contributed by atoms with van der Waals surface area (Å²) in [4.78, 5) is 21.3. The fourth-order valence-electron chi connectivity index (χ4n) is 3.20. The first-order chi connectivity index (χ1) is 11.8. The summed E-state index contributed by atoms with van der Waals surface area (Å²) in [7, 11) is 0. The molecule has 2 aromatic heterocycles. The van der Waals surface area contributed by atoms with Gasteiger partial charge in [-0.3, -0.25) is 9.69 Å². The van der Waals surface area contributed by atoms with Crippen molar-refractivity contribution in [2.75, 3.05) is 26.2 Å². The van der Waals surface area contributed by atoms with E-state index in [0.29, 0.717) is 0 Å². The number of piperazine rings is 1. The highest BCUT2D eigenvalue weighted by Crippen LogP contribution is 2.13. The van der Waals surface area contributed by atoms with Crippen LogP contribution in [0.15, 0.2) is 60.9 Å². The summed E-state index contributed by atoms with van der Waals surface area (Å²) in [5.41, 5.74) is 2.94. The third-order valence-electron chi connectivity index (χ3n) is 4.56. The lowest BCUT2D eigenvalue weighted by Gasteiger charge is -2.34. The highest BCUT2D eigenvalue weighted by atomic mass is 16.2. The minimum Gasteiger partial charge on any atom is -0.336 e. The molecule has 1 fully saturated rings. The van der Waals surface area contributed by atoms with Crippen molar-refractivity contribution >= 4 is 11.6 Å². The van der Waals surface area contributed by atoms with Gasteiger partial charge >= 0.3 is 0 Å². The van der Waals surface area contributed by atoms with Crippen molar-refractivity contribution in [2.45, 2.75) is 6.54 Å². The van der Waals surface area contributed by atoms with Crippen molar-refractivity contribution in [3.05, 3.63) is 72.2 Å². The van der Waals surface area contributed by atoms with Crippen LogP contribution in [0.4, 0.5) is 0 Å². The van der Waals surface area contributed by atoms with Crippen LogP contribution in [0.5, 0.6) is 0 Å². The number of imidazole rings is 1. The smallest absolute Gasteiger partial charge is 0.253 e. The molecule has 0 atom stereocenters. The molecule has 1 aromatic carbocycles. The second-order valence-electron chi connectivity index (χ2n) is 6.11. The van der Waals surface area contributed by atoms with Crippen LogP contribution in [0.2, 0.25) is 0 Å². The molecule has 0 radical (unpaired) electrons. The summed E-state index contributed by atoms with van der Waals surface area (Å²) in [6.45, 7) is 4.17. The maximum Gasteiger partial charge on any atom is 0.253 e. The largest absolute Gasteiger partial charge is 0.336 e. The maximum absolute atomic E-state index is 12.5. The van der Waals surface area contributed by atoms with Gasteiger partial charge in [-0.2, -0.15) is 0 Å². The van der Waals surface area contributed by atoms with Gasteiger partial charge in [0.25, 0.3) is 5.91 Å². The van der Waals surface area contributed by atoms with E-state index in [1.54, 1.807) is 0 Å². The highest BCUT2D eigenvalue weighted by Gasteiger charge is 2.22. The number of rotatable bonds is 3. The number of fused-ring (bicyclic) bond motifs is 1. The van der Waals surface area contributed by atoms with E-state index >= 15 is 0 Å². The predicted octanol–water partition coefficient (Wildman–Crippen LogP) is 2.29. The Bertz CT molecular complexity index is 835. The standard InChI is InChI=1S/C19H20N4O/c24-19(16-6-2-1-3-7-16)22-12-10-21(11-13-22)15-17-14-20-18-8-4-5-9-23(17)18/h1-9,14H,10-13,15H2. The highest BCUT2D eigenvalue weighted by molar-refractivity contribution is 5.94. The Hall–Kier alpha value is -2.66. The summed E-state index contributed by atoms with van der Waals surface area (Å²) >= 11 is 0. The van der Waals surface area contributed by atoms with E-state index in [2.05, 4.69) is 14.3 Å². The van der Waals surface area contributed by atoms with Crippen LogP contribution in [-0.2, 0) is 6.54 Å². The Labute approximate surface area is 141 Å². The van der Waals surface area contributed by atoms with Gasteiger partial charge in [0.15, 0.2) is 0 Å². The van der Waals surface area contributed by atoms with Gasteiger partial charge in [0, 0.05) is 44.5 Å². The second-order valence-corrected chi connectivity index (χ2v) is 6.11. The summed E-state index contributed by atoms with van der Waals surface area (Å²) in [5, 5.41) is 0. The minimum absolute atomic E-state index is 0.130. The van der Waals surface area contributed by atoms with Gasteiger partial charge in [0.05, 0.1) is 11.9 Å². The zero-order valence-electron chi connectivity index (χ0n) is 13.5. The van der Waals surface area contributed by atoms with Crippen molar-refractivity contribution in [2.24, 2.45) is 0 Å². The first-order valence-electron chi connectivity index (χ1n) is 8.29. The molecule has 3 aromatic rings. The van der Waals surface area contributed by atoms with Crippen LogP contribution in [0.1, 0.15) is 16.1 Å². The Morgan fingerprint density at radius 3 is 2.50 bits per heavy atom. The molecule has 0 bridgehead atoms. The van der Waals surface area contributed by atoms with Gasteiger partial charge < -0.3 is 9.30 Å². The molecule has 24 heavy (non-hydrogen) atoms. The molecule has 3 heterocycles. The minimum atomic E-state index is 0.130. The van der Waals surface area contributed by atoms with Crippen molar-refractivity contribution in [1.82, 2.24) is 19.2 Å². The van der Waals surface area contributed by atoms with Crippen LogP contribution in [-0.4, -0.2) is 51.3 Å². The Kier molecular flexibility index (Phi) is 4.01. The lowest BCUT2D eigenvalue weighted by atomic mass is 10.2. The Morgan fingerprint density at radius 1 is 0.958 bits per heavy atom. The predicted molar refractivity (Wildman–Crippen MR) is 92.8 cm³/mol. The molecule has 0 unspecified atom stereocenters. The molecule has 0 saturated carbocycles. The van der Waals surface area contributed by atoms with Gasteiger partial charge in [-0.05, 0) is 24.3 Å². The Balaban J connectivity index is 1.39. The van der Waals surface area contributed by atoms with Crippen LogP contribution >= 0.6 is 0 Å². The molecule has 5 nitrogen and oxygen atoms in total. The van der Waals surface area contributed by atoms with E-state index in [1.165, 1.54) is 5.69 Å². The van der Waals surface area contributed by atoms with Gasteiger partial charge in [-0.1, -0.05) is 24.3 Å². The van der Waals surface area contributed by atoms with E-state index in [1.807, 2.05) is 65.8 Å². The zero-order valence-corrected chi connectivity index (χ0v) is 13.5. The number of carbonyl (C=O) groups is 1. The van der Waals surface area contributed by atoms with E-state index < -0.39 is 0 Å². The summed E-state index contributed by atoms with van der Waals surface area (Å²) in [6.07, 6.45) is 3.99. The summed E-state index contributed by atoms with van der Waals surface area (Å²) < 4.78 is 2.13. The lowest BCUT2D eigenvalue weighted by molar-refractivity contribution is 0.0626. The topological polar surface area (TPSA) is 40.9 Å². The third-order valence-corrected chi connectivity index (χ3v) is 4.56. The van der Waals surface area contributed by atoms with Crippen LogP contribution in [0.3, 0.4) is 0 Å². The summed E-state index contributed by atoms with van der Waals surface area (Å²) in [6, 6.07) is 15.6. The zero-order chi connectivity index (χ0) is 16.4. The van der Waals surface area contributed by atoms with Gasteiger partial charge in [0.1, 0.15) is 5.65 Å². The second kappa shape index (κ2) is 6.45. The fourth-order valence-corrected chi connectivity index (χ4v) is 3.20. The number of hydrogen-bond acceptors (Lipinski definition) is 3. The average molecular weight is 320 g/mol. The third kappa shape index (κ3) is 2.90. The van der Waals surface area contributed by atoms with E-state index in [-0.39, 0.29) is 5.91 Å². The van der Waals surface area contributed by atoms with Gasteiger partial charge in [0.2, 0.25) is 0 Å². The molecule has 1 aliphatic heterocycles. The number of aromatic nitrogens is 2. The summed E-state index contributed by atoms with van der Waals surface area (Å²) in [5.74, 6) is 0.130. The average Bonchev–Trinajstić information content (AvgIpc) is 3.06. The van der Waals surface area contributed by atoms with Crippen molar-refractivity contribution in [3.63, 3.8) is 0 Å². The number of pyridine rings is 1. The molecule has 0 N–H and O–H groups in total. The van der Waals surface area contributed by atoms with Crippen LogP contribution < -0.4 is 0 Å². The van der Waals surface area contributed by atoms with Gasteiger partial charge in [-0.15, -0.1) is 0 Å². The number of hydrogen-bond donors (Lipinski definition) is 0. The molecule has 1 saturated heterocycles. The molecule has 1 amide bonds. The van der Waals surface area contributed by atoms with Crippen LogP contribution in [0.25, 0.3) is 5.65 Å². The monoisotopic (exact) mass is 320 g/mol. The molecule has 0 spiro atoms. The Morgan fingerprint density at radius 2 is 1.71 bits per heavy atom. The van der Waals surface area contributed by atoms with Crippen molar-refractivity contribution in [1.29, 1.82) is 0 Å². The van der Waals surface area contributed by atoms with Crippen molar-refractivity contribution in [3.8, 4) is 0 Å². The van der Waals surface area contributed by atoms with Crippen LogP contribution in [0, 0.1) is 0 Å². The molecular weight excluding hydrogens is 300 g/mol. The van der Waals surface area contributed by atoms with E-state index in [9.17, 15) is 4.79 Å². The van der Waals surface area contributed by atoms with Gasteiger partial charge in [-0.25, -0.2) is 4.98 Å². The maximum atomic E-state index is 12.5.